The Bertz CT molecular complexity index is 572. The van der Waals surface area contributed by atoms with Gasteiger partial charge < -0.3 is 9.84 Å². The van der Waals surface area contributed by atoms with Gasteiger partial charge in [0, 0.05) is 9.99 Å². The lowest BCUT2D eigenvalue weighted by atomic mass is 10.0. The second kappa shape index (κ2) is 6.34. The number of hydrogen-bond donors (Lipinski definition) is 1. The summed E-state index contributed by atoms with van der Waals surface area (Å²) < 4.78 is 19.5. The Balaban J connectivity index is 2.14. The summed E-state index contributed by atoms with van der Waals surface area (Å²) >= 11 is 2.20. The van der Waals surface area contributed by atoms with Crippen LogP contribution >= 0.6 is 22.6 Å². The van der Waals surface area contributed by atoms with Crippen molar-refractivity contribution in [1.82, 2.24) is 0 Å². The molecule has 1 N–H and O–H groups in total. The molecule has 2 nitrogen and oxygen atoms in total. The van der Waals surface area contributed by atoms with Crippen LogP contribution in [-0.2, 0) is 6.42 Å². The van der Waals surface area contributed by atoms with Crippen LogP contribution in [0.15, 0.2) is 42.5 Å². The van der Waals surface area contributed by atoms with Crippen molar-refractivity contribution < 1.29 is 14.2 Å². The first-order valence-electron chi connectivity index (χ1n) is 5.86. The largest absolute Gasteiger partial charge is 0.494 e. The van der Waals surface area contributed by atoms with Crippen molar-refractivity contribution in [2.75, 3.05) is 7.11 Å². The predicted octanol–water partition coefficient (Wildman–Crippen LogP) is 3.72. The Morgan fingerprint density at radius 3 is 2.68 bits per heavy atom. The minimum atomic E-state index is -0.637. The van der Waals surface area contributed by atoms with E-state index in [1.54, 1.807) is 12.1 Å². The number of rotatable bonds is 4. The van der Waals surface area contributed by atoms with E-state index in [2.05, 4.69) is 22.6 Å². The van der Waals surface area contributed by atoms with E-state index in [0.717, 1.165) is 14.7 Å². The summed E-state index contributed by atoms with van der Waals surface area (Å²) in [6.07, 6.45) is -0.261. The zero-order valence-corrected chi connectivity index (χ0v) is 12.6. The Kier molecular flexibility index (Phi) is 4.76. The highest BCUT2D eigenvalue weighted by Gasteiger charge is 2.11. The first kappa shape index (κ1) is 14.3. The van der Waals surface area contributed by atoms with Gasteiger partial charge in [0.15, 0.2) is 11.6 Å². The summed E-state index contributed by atoms with van der Waals surface area (Å²) in [7, 11) is 1.43. The molecule has 0 spiro atoms. The normalized spacial score (nSPS) is 12.2. The molecule has 2 aromatic carbocycles. The highest BCUT2D eigenvalue weighted by atomic mass is 127. The second-order valence-electron chi connectivity index (χ2n) is 4.24. The molecule has 0 radical (unpaired) electrons. The first-order valence-corrected chi connectivity index (χ1v) is 6.94. The van der Waals surface area contributed by atoms with Crippen LogP contribution in [0.2, 0.25) is 0 Å². The van der Waals surface area contributed by atoms with E-state index in [1.165, 1.54) is 13.2 Å². The van der Waals surface area contributed by atoms with Crippen molar-refractivity contribution in [2.45, 2.75) is 12.5 Å². The fourth-order valence-corrected chi connectivity index (χ4v) is 2.46. The monoisotopic (exact) mass is 372 g/mol. The van der Waals surface area contributed by atoms with Gasteiger partial charge in [-0.25, -0.2) is 4.39 Å². The molecule has 1 unspecified atom stereocenters. The van der Waals surface area contributed by atoms with Crippen molar-refractivity contribution in [3.63, 3.8) is 0 Å². The van der Waals surface area contributed by atoms with Gasteiger partial charge in [-0.15, -0.1) is 0 Å². The number of hydrogen-bond acceptors (Lipinski definition) is 2. The molecule has 0 heterocycles. The standard InChI is InChI=1S/C15H14FIO2/c1-19-15-6-5-10(7-13(15)16)8-14(18)11-3-2-4-12(17)9-11/h2-7,9,14,18H,8H2,1H3. The molecule has 0 fully saturated rings. The molecular formula is C15H14FIO2. The van der Waals surface area contributed by atoms with Crippen molar-refractivity contribution in [3.8, 4) is 5.75 Å². The number of ether oxygens (including phenoxy) is 1. The maximum absolute atomic E-state index is 13.6. The molecular weight excluding hydrogens is 358 g/mol. The molecule has 4 heteroatoms. The van der Waals surface area contributed by atoms with Gasteiger partial charge in [0.25, 0.3) is 0 Å². The van der Waals surface area contributed by atoms with Crippen LogP contribution < -0.4 is 4.74 Å². The summed E-state index contributed by atoms with van der Waals surface area (Å²) in [6.45, 7) is 0. The van der Waals surface area contributed by atoms with Crippen LogP contribution in [-0.4, -0.2) is 12.2 Å². The molecule has 0 amide bonds. The molecule has 1 atom stereocenters. The van der Waals surface area contributed by atoms with Crippen molar-refractivity contribution in [2.24, 2.45) is 0 Å². The molecule has 0 aliphatic rings. The van der Waals surface area contributed by atoms with Gasteiger partial charge in [0.2, 0.25) is 0 Å². The van der Waals surface area contributed by atoms with Crippen molar-refractivity contribution >= 4 is 22.6 Å². The van der Waals surface area contributed by atoms with Crippen LogP contribution in [0.1, 0.15) is 17.2 Å². The van der Waals surface area contributed by atoms with Gasteiger partial charge >= 0.3 is 0 Å². The van der Waals surface area contributed by atoms with Crippen LogP contribution in [0.5, 0.6) is 5.75 Å². The molecule has 0 aliphatic carbocycles. The number of halogens is 2. The fraction of sp³-hybridized carbons (Fsp3) is 0.200. The van der Waals surface area contributed by atoms with E-state index in [9.17, 15) is 9.50 Å². The molecule has 2 aromatic rings. The molecule has 0 saturated heterocycles. The van der Waals surface area contributed by atoms with E-state index in [4.69, 9.17) is 4.74 Å². The molecule has 0 aliphatic heterocycles. The zero-order chi connectivity index (χ0) is 13.8. The smallest absolute Gasteiger partial charge is 0.165 e. The minimum absolute atomic E-state index is 0.215. The van der Waals surface area contributed by atoms with E-state index >= 15 is 0 Å². The van der Waals surface area contributed by atoms with Crippen LogP contribution in [0.4, 0.5) is 4.39 Å². The summed E-state index contributed by atoms with van der Waals surface area (Å²) in [4.78, 5) is 0. The fourth-order valence-electron chi connectivity index (χ4n) is 1.89. The Labute approximate surface area is 125 Å². The van der Waals surface area contributed by atoms with Gasteiger partial charge in [-0.05, 0) is 58.0 Å². The SMILES string of the molecule is COc1ccc(CC(O)c2cccc(I)c2)cc1F. The van der Waals surface area contributed by atoms with Gasteiger partial charge in [-0.3, -0.25) is 0 Å². The quantitative estimate of drug-likeness (QED) is 0.830. The second-order valence-corrected chi connectivity index (χ2v) is 5.49. The van der Waals surface area contributed by atoms with E-state index in [-0.39, 0.29) is 5.75 Å². The summed E-state index contributed by atoms with van der Waals surface area (Å²) in [5.74, 6) is -0.192. The highest BCUT2D eigenvalue weighted by molar-refractivity contribution is 14.1. The number of aliphatic hydroxyl groups excluding tert-OH is 1. The number of methoxy groups -OCH3 is 1. The number of aliphatic hydroxyl groups is 1. The average Bonchev–Trinajstić information content (AvgIpc) is 2.39. The topological polar surface area (TPSA) is 29.5 Å². The molecule has 0 saturated carbocycles. The third-order valence-electron chi connectivity index (χ3n) is 2.88. The maximum atomic E-state index is 13.6. The van der Waals surface area contributed by atoms with E-state index in [1.807, 2.05) is 24.3 Å². The maximum Gasteiger partial charge on any atom is 0.165 e. The lowest BCUT2D eigenvalue weighted by molar-refractivity contribution is 0.178. The highest BCUT2D eigenvalue weighted by Crippen LogP contribution is 2.23. The van der Waals surface area contributed by atoms with E-state index < -0.39 is 11.9 Å². The van der Waals surface area contributed by atoms with Crippen LogP contribution in [0, 0.1) is 9.39 Å². The van der Waals surface area contributed by atoms with Gasteiger partial charge in [0.05, 0.1) is 13.2 Å². The van der Waals surface area contributed by atoms with Crippen LogP contribution in [0.25, 0.3) is 0 Å². The van der Waals surface area contributed by atoms with Gasteiger partial charge in [-0.2, -0.15) is 0 Å². The third-order valence-corrected chi connectivity index (χ3v) is 3.55. The lowest BCUT2D eigenvalue weighted by Crippen LogP contribution is -2.02. The molecule has 0 bridgehead atoms. The summed E-state index contributed by atoms with van der Waals surface area (Å²) in [5, 5.41) is 10.2. The summed E-state index contributed by atoms with van der Waals surface area (Å²) in [6, 6.07) is 12.4. The Morgan fingerprint density at radius 2 is 2.05 bits per heavy atom. The third kappa shape index (κ3) is 3.67. The Morgan fingerprint density at radius 1 is 1.26 bits per heavy atom. The van der Waals surface area contributed by atoms with Gasteiger partial charge in [-0.1, -0.05) is 18.2 Å². The molecule has 19 heavy (non-hydrogen) atoms. The summed E-state index contributed by atoms with van der Waals surface area (Å²) in [5.41, 5.74) is 1.58. The van der Waals surface area contributed by atoms with Crippen LogP contribution in [0.3, 0.4) is 0 Å². The van der Waals surface area contributed by atoms with Gasteiger partial charge in [0.1, 0.15) is 0 Å². The lowest BCUT2D eigenvalue weighted by Gasteiger charge is -2.12. The first-order chi connectivity index (χ1) is 9.10. The molecule has 100 valence electrons. The predicted molar refractivity (Wildman–Crippen MR) is 80.8 cm³/mol. The Hall–Kier alpha value is -1.14. The molecule has 2 rings (SSSR count). The van der Waals surface area contributed by atoms with E-state index in [0.29, 0.717) is 6.42 Å². The van der Waals surface area contributed by atoms with Crippen molar-refractivity contribution in [3.05, 3.63) is 63.0 Å². The van der Waals surface area contributed by atoms with Crippen molar-refractivity contribution in [1.29, 1.82) is 0 Å². The number of benzene rings is 2. The minimum Gasteiger partial charge on any atom is -0.494 e. The molecule has 0 aromatic heterocycles. The zero-order valence-electron chi connectivity index (χ0n) is 10.4. The average molecular weight is 372 g/mol.